The Morgan fingerprint density at radius 1 is 0.931 bits per heavy atom. The predicted molar refractivity (Wildman–Crippen MR) is 115 cm³/mol. The van der Waals surface area contributed by atoms with E-state index in [9.17, 15) is 9.59 Å². The fraction of sp³-hybridized carbons (Fsp3) is 0.261. The minimum atomic E-state index is -0.541. The van der Waals surface area contributed by atoms with Crippen molar-refractivity contribution in [2.45, 2.75) is 20.4 Å². The van der Waals surface area contributed by atoms with Gasteiger partial charge in [-0.1, -0.05) is 30.3 Å². The van der Waals surface area contributed by atoms with Crippen LogP contribution in [-0.4, -0.2) is 47.5 Å². The summed E-state index contributed by atoms with van der Waals surface area (Å²) in [5, 5.41) is 4.47. The standard InChI is InChI=1S/C23H26N4O2/c1-16-21(17(2)27(24-16)20-9-7-6-8-10-20)22(28)23(29)26(5)15-18-11-13-19(14-12-18)25(3)4/h6-14H,15H2,1-5H3. The van der Waals surface area contributed by atoms with E-state index in [0.717, 1.165) is 16.9 Å². The van der Waals surface area contributed by atoms with E-state index >= 15 is 0 Å². The van der Waals surface area contributed by atoms with Gasteiger partial charge in [-0.05, 0) is 43.7 Å². The highest BCUT2D eigenvalue weighted by atomic mass is 16.2. The number of carbonyl (C=O) groups is 2. The molecule has 1 amide bonds. The van der Waals surface area contributed by atoms with Gasteiger partial charge >= 0.3 is 0 Å². The van der Waals surface area contributed by atoms with E-state index in [1.165, 1.54) is 4.90 Å². The number of likely N-dealkylation sites (N-methyl/N-ethyl adjacent to an activating group) is 1. The zero-order chi connectivity index (χ0) is 21.1. The van der Waals surface area contributed by atoms with Crippen LogP contribution in [0.5, 0.6) is 0 Å². The number of aromatic nitrogens is 2. The third kappa shape index (κ3) is 4.21. The third-order valence-electron chi connectivity index (χ3n) is 4.93. The molecular formula is C23H26N4O2. The number of para-hydroxylation sites is 1. The molecular weight excluding hydrogens is 364 g/mol. The number of Topliss-reactive ketones (excluding diaryl/α,β-unsaturated/α-hetero) is 1. The highest BCUT2D eigenvalue weighted by Crippen LogP contribution is 2.20. The smallest absolute Gasteiger partial charge is 0.295 e. The Morgan fingerprint density at radius 3 is 2.14 bits per heavy atom. The first-order chi connectivity index (χ1) is 13.8. The van der Waals surface area contributed by atoms with Gasteiger partial charge in [0.05, 0.1) is 22.6 Å². The number of nitrogens with zero attached hydrogens (tertiary/aromatic N) is 4. The van der Waals surface area contributed by atoms with Crippen LogP contribution in [0, 0.1) is 13.8 Å². The molecule has 1 heterocycles. The average molecular weight is 390 g/mol. The second-order valence-corrected chi connectivity index (χ2v) is 7.34. The number of anilines is 1. The maximum atomic E-state index is 13.0. The summed E-state index contributed by atoms with van der Waals surface area (Å²) >= 11 is 0. The van der Waals surface area contributed by atoms with Gasteiger partial charge in [-0.15, -0.1) is 0 Å². The first-order valence-corrected chi connectivity index (χ1v) is 9.47. The van der Waals surface area contributed by atoms with E-state index in [2.05, 4.69) is 5.10 Å². The lowest BCUT2D eigenvalue weighted by Crippen LogP contribution is -2.33. The zero-order valence-electron chi connectivity index (χ0n) is 17.5. The average Bonchev–Trinajstić information content (AvgIpc) is 3.02. The molecule has 0 saturated heterocycles. The SMILES string of the molecule is Cc1nn(-c2ccccc2)c(C)c1C(=O)C(=O)N(C)Cc1ccc(N(C)C)cc1. The van der Waals surface area contributed by atoms with E-state index < -0.39 is 11.7 Å². The molecule has 6 nitrogen and oxygen atoms in total. The van der Waals surface area contributed by atoms with Gasteiger partial charge in [0.25, 0.3) is 11.7 Å². The van der Waals surface area contributed by atoms with Crippen molar-refractivity contribution in [2.24, 2.45) is 0 Å². The molecule has 3 rings (SSSR count). The fourth-order valence-corrected chi connectivity index (χ4v) is 3.32. The highest BCUT2D eigenvalue weighted by molar-refractivity contribution is 6.43. The molecule has 0 N–H and O–H groups in total. The Kier molecular flexibility index (Phi) is 5.82. The van der Waals surface area contributed by atoms with E-state index in [1.54, 1.807) is 18.7 Å². The topological polar surface area (TPSA) is 58.4 Å². The molecule has 0 aliphatic rings. The Balaban J connectivity index is 1.79. The van der Waals surface area contributed by atoms with Crippen molar-refractivity contribution in [1.29, 1.82) is 0 Å². The lowest BCUT2D eigenvalue weighted by Gasteiger charge is -2.18. The molecule has 6 heteroatoms. The predicted octanol–water partition coefficient (Wildman–Crippen LogP) is 3.40. The van der Waals surface area contributed by atoms with E-state index in [-0.39, 0.29) is 0 Å². The van der Waals surface area contributed by atoms with Crippen LogP contribution < -0.4 is 4.90 Å². The summed E-state index contributed by atoms with van der Waals surface area (Å²) in [6.45, 7) is 3.93. The normalized spacial score (nSPS) is 10.7. The molecule has 0 fully saturated rings. The van der Waals surface area contributed by atoms with Gasteiger partial charge in [0.15, 0.2) is 0 Å². The fourth-order valence-electron chi connectivity index (χ4n) is 3.32. The minimum absolute atomic E-state index is 0.364. The second-order valence-electron chi connectivity index (χ2n) is 7.34. The van der Waals surface area contributed by atoms with Crippen LogP contribution in [0.4, 0.5) is 5.69 Å². The minimum Gasteiger partial charge on any atom is -0.378 e. The molecule has 0 aliphatic heterocycles. The second kappa shape index (κ2) is 8.31. The molecule has 0 radical (unpaired) electrons. The molecule has 0 bridgehead atoms. The maximum Gasteiger partial charge on any atom is 0.295 e. The molecule has 29 heavy (non-hydrogen) atoms. The summed E-state index contributed by atoms with van der Waals surface area (Å²) in [5.74, 6) is -1.07. The molecule has 0 unspecified atom stereocenters. The first-order valence-electron chi connectivity index (χ1n) is 9.47. The Morgan fingerprint density at radius 2 is 1.55 bits per heavy atom. The van der Waals surface area contributed by atoms with Crippen molar-refractivity contribution in [1.82, 2.24) is 14.7 Å². The van der Waals surface area contributed by atoms with Gasteiger partial charge in [0.1, 0.15) is 0 Å². The number of ketones is 1. The first kappa shape index (κ1) is 20.3. The van der Waals surface area contributed by atoms with Crippen LogP contribution in [0.3, 0.4) is 0 Å². The third-order valence-corrected chi connectivity index (χ3v) is 4.93. The number of hydrogen-bond donors (Lipinski definition) is 0. The largest absolute Gasteiger partial charge is 0.378 e. The van der Waals surface area contributed by atoms with Gasteiger partial charge in [0.2, 0.25) is 0 Å². The summed E-state index contributed by atoms with van der Waals surface area (Å²) in [5.41, 5.74) is 4.48. The Bertz CT molecular complexity index is 1020. The van der Waals surface area contributed by atoms with E-state index in [4.69, 9.17) is 0 Å². The number of carbonyl (C=O) groups excluding carboxylic acids is 2. The highest BCUT2D eigenvalue weighted by Gasteiger charge is 2.27. The van der Waals surface area contributed by atoms with Gasteiger partial charge in [-0.25, -0.2) is 4.68 Å². The van der Waals surface area contributed by atoms with Gasteiger partial charge in [-0.2, -0.15) is 5.10 Å². The lowest BCUT2D eigenvalue weighted by molar-refractivity contribution is -0.125. The summed E-state index contributed by atoms with van der Waals surface area (Å²) in [7, 11) is 5.60. The Labute approximate surface area is 171 Å². The van der Waals surface area contributed by atoms with Crippen molar-refractivity contribution in [2.75, 3.05) is 26.0 Å². The van der Waals surface area contributed by atoms with Crippen molar-refractivity contribution in [3.63, 3.8) is 0 Å². The van der Waals surface area contributed by atoms with Gasteiger partial charge < -0.3 is 9.80 Å². The van der Waals surface area contributed by atoms with Gasteiger partial charge in [0, 0.05) is 33.4 Å². The number of hydrogen-bond acceptors (Lipinski definition) is 4. The molecule has 0 aliphatic carbocycles. The number of rotatable bonds is 6. The lowest BCUT2D eigenvalue weighted by atomic mass is 10.1. The number of benzene rings is 2. The van der Waals surface area contributed by atoms with Crippen LogP contribution in [-0.2, 0) is 11.3 Å². The quantitative estimate of drug-likeness (QED) is 0.478. The molecule has 2 aromatic carbocycles. The molecule has 150 valence electrons. The molecule has 0 spiro atoms. The van der Waals surface area contributed by atoms with Crippen LogP contribution >= 0.6 is 0 Å². The molecule has 3 aromatic rings. The molecule has 0 saturated carbocycles. The number of amides is 1. The van der Waals surface area contributed by atoms with Crippen LogP contribution in [0.1, 0.15) is 27.3 Å². The molecule has 1 aromatic heterocycles. The maximum absolute atomic E-state index is 13.0. The van der Waals surface area contributed by atoms with E-state index in [0.29, 0.717) is 23.5 Å². The Hall–Kier alpha value is -3.41. The summed E-state index contributed by atoms with van der Waals surface area (Å²) in [6, 6.07) is 17.5. The van der Waals surface area contributed by atoms with Crippen molar-refractivity contribution in [3.8, 4) is 5.69 Å². The monoisotopic (exact) mass is 390 g/mol. The van der Waals surface area contributed by atoms with Crippen LogP contribution in [0.25, 0.3) is 5.69 Å². The molecule has 0 atom stereocenters. The van der Waals surface area contributed by atoms with Crippen molar-refractivity contribution >= 4 is 17.4 Å². The van der Waals surface area contributed by atoms with Crippen molar-refractivity contribution < 1.29 is 9.59 Å². The van der Waals surface area contributed by atoms with E-state index in [1.807, 2.05) is 80.5 Å². The number of aryl methyl sites for hydroxylation is 1. The summed E-state index contributed by atoms with van der Waals surface area (Å²) in [4.78, 5) is 29.2. The summed E-state index contributed by atoms with van der Waals surface area (Å²) in [6.07, 6.45) is 0. The van der Waals surface area contributed by atoms with Gasteiger partial charge in [-0.3, -0.25) is 9.59 Å². The van der Waals surface area contributed by atoms with Crippen LogP contribution in [0.2, 0.25) is 0 Å². The van der Waals surface area contributed by atoms with Crippen molar-refractivity contribution in [3.05, 3.63) is 77.1 Å². The zero-order valence-corrected chi connectivity index (χ0v) is 17.5. The van der Waals surface area contributed by atoms with Crippen LogP contribution in [0.15, 0.2) is 54.6 Å². The summed E-state index contributed by atoms with van der Waals surface area (Å²) < 4.78 is 1.70.